The minimum Gasteiger partial charge on any atom is -0.389 e. The van der Waals surface area contributed by atoms with E-state index in [9.17, 15) is 9.90 Å². The highest BCUT2D eigenvalue weighted by Gasteiger charge is 2.30. The highest BCUT2D eigenvalue weighted by atomic mass is 16.5. The molecule has 1 unspecified atom stereocenters. The predicted molar refractivity (Wildman–Crippen MR) is 71.3 cm³/mol. The summed E-state index contributed by atoms with van der Waals surface area (Å²) in [6.45, 7) is 10.0. The Kier molecular flexibility index (Phi) is 5.60. The van der Waals surface area contributed by atoms with Gasteiger partial charge in [-0.3, -0.25) is 4.79 Å². The first-order chi connectivity index (χ1) is 8.35. The van der Waals surface area contributed by atoms with Crippen LogP contribution >= 0.6 is 0 Å². The molecule has 1 rings (SSSR count). The van der Waals surface area contributed by atoms with Crippen LogP contribution in [0.2, 0.25) is 0 Å². The van der Waals surface area contributed by atoms with Gasteiger partial charge in [-0.1, -0.05) is 6.92 Å². The van der Waals surface area contributed by atoms with Gasteiger partial charge < -0.3 is 14.7 Å². The van der Waals surface area contributed by atoms with Crippen molar-refractivity contribution in [2.75, 3.05) is 26.3 Å². The lowest BCUT2D eigenvalue weighted by Gasteiger charge is -2.34. The number of ether oxygens (including phenoxy) is 1. The number of aliphatic hydroxyl groups is 1. The van der Waals surface area contributed by atoms with Gasteiger partial charge in [-0.05, 0) is 39.5 Å². The van der Waals surface area contributed by atoms with E-state index < -0.39 is 5.60 Å². The minimum absolute atomic E-state index is 0.0243. The Bertz CT molecular complexity index is 267. The van der Waals surface area contributed by atoms with Crippen molar-refractivity contribution in [3.63, 3.8) is 0 Å². The first kappa shape index (κ1) is 15.4. The number of nitrogens with zero attached hydrogens (tertiary/aromatic N) is 1. The normalized spacial score (nSPS) is 19.6. The van der Waals surface area contributed by atoms with Crippen LogP contribution in [0.1, 0.15) is 40.5 Å². The molecule has 0 radical (unpaired) electrons. The van der Waals surface area contributed by atoms with Gasteiger partial charge in [0.2, 0.25) is 5.91 Å². The predicted octanol–water partition coefficient (Wildman–Crippen LogP) is 1.67. The van der Waals surface area contributed by atoms with Crippen molar-refractivity contribution in [2.45, 2.75) is 46.1 Å². The molecule has 0 saturated carbocycles. The zero-order valence-electron chi connectivity index (χ0n) is 12.1. The maximum atomic E-state index is 12.4. The van der Waals surface area contributed by atoms with Gasteiger partial charge in [0.05, 0.1) is 5.60 Å². The molecule has 0 aromatic heterocycles. The van der Waals surface area contributed by atoms with Gasteiger partial charge in [0.25, 0.3) is 0 Å². The lowest BCUT2D eigenvalue weighted by Crippen LogP contribution is -2.45. The SMILES string of the molecule is CCN(CC(C)(C)O)C(=O)C(C)C1CCOCC1. The molecule has 0 aromatic carbocycles. The second-order valence-electron chi connectivity index (χ2n) is 5.90. The van der Waals surface area contributed by atoms with Gasteiger partial charge >= 0.3 is 0 Å². The number of carbonyl (C=O) groups is 1. The molecule has 0 bridgehead atoms. The van der Waals surface area contributed by atoms with Crippen LogP contribution in [-0.2, 0) is 9.53 Å². The van der Waals surface area contributed by atoms with E-state index in [0.29, 0.717) is 19.0 Å². The van der Waals surface area contributed by atoms with Crippen LogP contribution in [0.3, 0.4) is 0 Å². The van der Waals surface area contributed by atoms with Gasteiger partial charge in [-0.2, -0.15) is 0 Å². The number of likely N-dealkylation sites (N-methyl/N-ethyl adjacent to an activating group) is 1. The molecule has 1 saturated heterocycles. The summed E-state index contributed by atoms with van der Waals surface area (Å²) >= 11 is 0. The topological polar surface area (TPSA) is 49.8 Å². The summed E-state index contributed by atoms with van der Waals surface area (Å²) in [4.78, 5) is 14.2. The standard InChI is InChI=1S/C14H27NO3/c1-5-15(10-14(3,4)17)13(16)11(2)12-6-8-18-9-7-12/h11-12,17H,5-10H2,1-4H3. The molecule has 0 aromatic rings. The average molecular weight is 257 g/mol. The summed E-state index contributed by atoms with van der Waals surface area (Å²) in [5.74, 6) is 0.602. The zero-order chi connectivity index (χ0) is 13.8. The molecule has 0 aliphatic carbocycles. The lowest BCUT2D eigenvalue weighted by atomic mass is 9.86. The molecule has 1 aliphatic heterocycles. The molecule has 1 fully saturated rings. The van der Waals surface area contributed by atoms with E-state index in [0.717, 1.165) is 26.1 Å². The van der Waals surface area contributed by atoms with Crippen LogP contribution in [0.25, 0.3) is 0 Å². The van der Waals surface area contributed by atoms with Gasteiger partial charge in [0, 0.05) is 32.2 Å². The zero-order valence-corrected chi connectivity index (χ0v) is 12.1. The fraction of sp³-hybridized carbons (Fsp3) is 0.929. The van der Waals surface area contributed by atoms with Gasteiger partial charge in [0.15, 0.2) is 0 Å². The van der Waals surface area contributed by atoms with Crippen molar-refractivity contribution < 1.29 is 14.6 Å². The third-order valence-corrected chi connectivity index (χ3v) is 3.63. The van der Waals surface area contributed by atoms with Crippen LogP contribution in [0.15, 0.2) is 0 Å². The molecular weight excluding hydrogens is 230 g/mol. The fourth-order valence-electron chi connectivity index (χ4n) is 2.52. The lowest BCUT2D eigenvalue weighted by molar-refractivity contribution is -0.140. The molecule has 4 nitrogen and oxygen atoms in total. The van der Waals surface area contributed by atoms with Crippen molar-refractivity contribution in [3.05, 3.63) is 0 Å². The summed E-state index contributed by atoms with van der Waals surface area (Å²) in [5.41, 5.74) is -0.832. The first-order valence-corrected chi connectivity index (χ1v) is 6.94. The van der Waals surface area contributed by atoms with E-state index in [-0.39, 0.29) is 11.8 Å². The molecular formula is C14H27NO3. The van der Waals surface area contributed by atoms with Crippen molar-refractivity contribution in [3.8, 4) is 0 Å². The number of hydrogen-bond acceptors (Lipinski definition) is 3. The molecule has 1 N–H and O–H groups in total. The van der Waals surface area contributed by atoms with Crippen LogP contribution in [0.4, 0.5) is 0 Å². The second kappa shape index (κ2) is 6.53. The molecule has 1 heterocycles. The molecule has 106 valence electrons. The Morgan fingerprint density at radius 3 is 2.44 bits per heavy atom. The van der Waals surface area contributed by atoms with Crippen molar-refractivity contribution >= 4 is 5.91 Å². The van der Waals surface area contributed by atoms with Gasteiger partial charge in [-0.15, -0.1) is 0 Å². The van der Waals surface area contributed by atoms with E-state index >= 15 is 0 Å². The Labute approximate surface area is 110 Å². The molecule has 1 aliphatic rings. The summed E-state index contributed by atoms with van der Waals surface area (Å²) in [5, 5.41) is 9.85. The van der Waals surface area contributed by atoms with E-state index in [1.54, 1.807) is 18.7 Å². The van der Waals surface area contributed by atoms with Crippen molar-refractivity contribution in [1.29, 1.82) is 0 Å². The third kappa shape index (κ3) is 4.58. The van der Waals surface area contributed by atoms with Crippen LogP contribution < -0.4 is 0 Å². The number of carbonyl (C=O) groups excluding carboxylic acids is 1. The van der Waals surface area contributed by atoms with Crippen LogP contribution in [-0.4, -0.2) is 47.8 Å². The van der Waals surface area contributed by atoms with E-state index in [2.05, 4.69) is 0 Å². The Morgan fingerprint density at radius 2 is 2.00 bits per heavy atom. The van der Waals surface area contributed by atoms with Crippen molar-refractivity contribution in [1.82, 2.24) is 4.90 Å². The highest BCUT2D eigenvalue weighted by molar-refractivity contribution is 5.78. The molecule has 18 heavy (non-hydrogen) atoms. The molecule has 1 atom stereocenters. The first-order valence-electron chi connectivity index (χ1n) is 6.94. The van der Waals surface area contributed by atoms with E-state index in [4.69, 9.17) is 4.74 Å². The fourth-order valence-corrected chi connectivity index (χ4v) is 2.52. The highest BCUT2D eigenvalue weighted by Crippen LogP contribution is 2.25. The summed E-state index contributed by atoms with van der Waals surface area (Å²) in [7, 11) is 0. The smallest absolute Gasteiger partial charge is 0.225 e. The Morgan fingerprint density at radius 1 is 1.44 bits per heavy atom. The maximum absolute atomic E-state index is 12.4. The molecule has 4 heteroatoms. The largest absolute Gasteiger partial charge is 0.389 e. The molecule has 1 amide bonds. The molecule has 0 spiro atoms. The van der Waals surface area contributed by atoms with Crippen LogP contribution in [0, 0.1) is 11.8 Å². The number of rotatable bonds is 5. The van der Waals surface area contributed by atoms with Gasteiger partial charge in [0.1, 0.15) is 0 Å². The Balaban J connectivity index is 2.59. The van der Waals surface area contributed by atoms with Gasteiger partial charge in [-0.25, -0.2) is 0 Å². The quantitative estimate of drug-likeness (QED) is 0.815. The van der Waals surface area contributed by atoms with Crippen LogP contribution in [0.5, 0.6) is 0 Å². The second-order valence-corrected chi connectivity index (χ2v) is 5.90. The number of amides is 1. The minimum atomic E-state index is -0.832. The van der Waals surface area contributed by atoms with E-state index in [1.807, 2.05) is 13.8 Å². The summed E-state index contributed by atoms with van der Waals surface area (Å²) in [6.07, 6.45) is 1.93. The maximum Gasteiger partial charge on any atom is 0.225 e. The monoisotopic (exact) mass is 257 g/mol. The summed E-state index contributed by atoms with van der Waals surface area (Å²) < 4.78 is 5.33. The summed E-state index contributed by atoms with van der Waals surface area (Å²) in [6, 6.07) is 0. The van der Waals surface area contributed by atoms with Crippen molar-refractivity contribution in [2.24, 2.45) is 11.8 Å². The average Bonchev–Trinajstić information content (AvgIpc) is 2.34. The third-order valence-electron chi connectivity index (χ3n) is 3.63. The van der Waals surface area contributed by atoms with E-state index in [1.165, 1.54) is 0 Å². The number of hydrogen-bond donors (Lipinski definition) is 1. The Hall–Kier alpha value is -0.610.